The molecule has 200 valence electrons. The van der Waals surface area contributed by atoms with Crippen LogP contribution in [-0.2, 0) is 0 Å². The van der Waals surface area contributed by atoms with Gasteiger partial charge in [0.2, 0.25) is 6.54 Å². The minimum Gasteiger partial charge on any atom is -0.375 e. The Morgan fingerprint density at radius 3 is 2.22 bits per heavy atom. The number of carbonyl (C=O) groups excluding carboxylic acids is 1. The highest BCUT2D eigenvalue weighted by molar-refractivity contribution is 5.91. The number of para-hydroxylation sites is 1. The smallest absolute Gasteiger partial charge is 0.324 e. The standard InChI is InChI=1S/C28H45N5O3/c1-29-27(14-9-19-33(35)36)30-20-23-15-17-25(18-16-23)22-32(21-24-10-5-3-6-11-24)28(34)31(2)26-12-7-4-8-13-26/h4,7-8,12-14,23-25,29-30H,3,5-6,9-11,15-22H2,1-2H3/b27-14+. The van der Waals surface area contributed by atoms with Crippen molar-refractivity contribution < 1.29 is 9.72 Å². The van der Waals surface area contributed by atoms with E-state index in [0.717, 1.165) is 56.8 Å². The fourth-order valence-corrected chi connectivity index (χ4v) is 5.65. The van der Waals surface area contributed by atoms with Crippen molar-refractivity contribution in [2.45, 2.75) is 64.2 Å². The molecule has 1 aromatic rings. The average molecular weight is 500 g/mol. The molecule has 2 aliphatic rings. The lowest BCUT2D eigenvalue weighted by Crippen LogP contribution is -2.46. The zero-order valence-corrected chi connectivity index (χ0v) is 22.2. The first-order valence-corrected chi connectivity index (χ1v) is 13.8. The Balaban J connectivity index is 1.52. The summed E-state index contributed by atoms with van der Waals surface area (Å²) < 4.78 is 0. The van der Waals surface area contributed by atoms with E-state index in [9.17, 15) is 14.9 Å². The van der Waals surface area contributed by atoms with Gasteiger partial charge in [-0.2, -0.15) is 0 Å². The number of rotatable bonds is 12. The van der Waals surface area contributed by atoms with Gasteiger partial charge in [-0.05, 0) is 74.5 Å². The molecule has 8 heteroatoms. The van der Waals surface area contributed by atoms with Gasteiger partial charge in [0, 0.05) is 50.8 Å². The van der Waals surface area contributed by atoms with Crippen LogP contribution in [0, 0.1) is 27.9 Å². The number of nitrogens with zero attached hydrogens (tertiary/aromatic N) is 3. The zero-order chi connectivity index (χ0) is 25.8. The largest absolute Gasteiger partial charge is 0.375 e. The van der Waals surface area contributed by atoms with E-state index in [1.807, 2.05) is 55.4 Å². The average Bonchev–Trinajstić information content (AvgIpc) is 2.91. The third-order valence-corrected chi connectivity index (χ3v) is 7.86. The molecule has 0 saturated heterocycles. The molecule has 2 saturated carbocycles. The van der Waals surface area contributed by atoms with Crippen LogP contribution in [0.4, 0.5) is 10.5 Å². The normalized spacial score (nSPS) is 21.0. The summed E-state index contributed by atoms with van der Waals surface area (Å²) in [5, 5.41) is 17.1. The van der Waals surface area contributed by atoms with Crippen molar-refractivity contribution >= 4 is 11.7 Å². The van der Waals surface area contributed by atoms with Crippen molar-refractivity contribution in [1.29, 1.82) is 0 Å². The van der Waals surface area contributed by atoms with Crippen LogP contribution >= 0.6 is 0 Å². The summed E-state index contributed by atoms with van der Waals surface area (Å²) in [5.41, 5.74) is 0.942. The maximum atomic E-state index is 13.6. The van der Waals surface area contributed by atoms with E-state index in [1.165, 1.54) is 32.1 Å². The van der Waals surface area contributed by atoms with Gasteiger partial charge < -0.3 is 15.5 Å². The molecular formula is C28H45N5O3. The number of hydrogen-bond acceptors (Lipinski definition) is 5. The van der Waals surface area contributed by atoms with E-state index in [-0.39, 0.29) is 17.5 Å². The lowest BCUT2D eigenvalue weighted by molar-refractivity contribution is -0.478. The van der Waals surface area contributed by atoms with Crippen LogP contribution in [0.2, 0.25) is 0 Å². The molecule has 2 amide bonds. The van der Waals surface area contributed by atoms with Crippen LogP contribution in [0.3, 0.4) is 0 Å². The number of anilines is 1. The Labute approximate surface area is 216 Å². The van der Waals surface area contributed by atoms with Crippen LogP contribution in [-0.4, -0.2) is 56.1 Å². The Morgan fingerprint density at radius 1 is 1.00 bits per heavy atom. The molecule has 36 heavy (non-hydrogen) atoms. The van der Waals surface area contributed by atoms with E-state index >= 15 is 0 Å². The van der Waals surface area contributed by atoms with Crippen molar-refractivity contribution in [2.75, 3.05) is 45.2 Å². The Hall–Kier alpha value is -2.77. The minimum absolute atomic E-state index is 0.0481. The lowest BCUT2D eigenvalue weighted by atomic mass is 9.81. The van der Waals surface area contributed by atoms with Gasteiger partial charge in [-0.3, -0.25) is 15.0 Å². The zero-order valence-electron chi connectivity index (χ0n) is 22.2. The van der Waals surface area contributed by atoms with Gasteiger partial charge in [-0.1, -0.05) is 37.5 Å². The second-order valence-electron chi connectivity index (χ2n) is 10.6. The first kappa shape index (κ1) is 27.8. The van der Waals surface area contributed by atoms with Crippen LogP contribution in [0.1, 0.15) is 64.2 Å². The van der Waals surface area contributed by atoms with E-state index in [4.69, 9.17) is 0 Å². The van der Waals surface area contributed by atoms with E-state index < -0.39 is 0 Å². The van der Waals surface area contributed by atoms with Crippen LogP contribution in [0.25, 0.3) is 0 Å². The monoisotopic (exact) mass is 499 g/mol. The number of benzene rings is 1. The minimum atomic E-state index is -0.287. The van der Waals surface area contributed by atoms with Gasteiger partial charge in [-0.25, -0.2) is 4.79 Å². The molecule has 2 N–H and O–H groups in total. The van der Waals surface area contributed by atoms with Crippen molar-refractivity contribution in [2.24, 2.45) is 17.8 Å². The molecule has 3 rings (SSSR count). The van der Waals surface area contributed by atoms with Crippen molar-refractivity contribution in [1.82, 2.24) is 15.5 Å². The number of carbonyl (C=O) groups is 1. The van der Waals surface area contributed by atoms with Gasteiger partial charge in [0.25, 0.3) is 0 Å². The molecular weight excluding hydrogens is 454 g/mol. The number of nitrogens with one attached hydrogen (secondary N) is 2. The number of amides is 2. The SMILES string of the molecule is CN/C(=C\CC[N+](=O)[O-])NCC1CCC(CN(CC2CCCCC2)C(=O)N(C)c2ccccc2)CC1. The Morgan fingerprint density at radius 2 is 1.61 bits per heavy atom. The molecule has 2 fully saturated rings. The topological polar surface area (TPSA) is 90.7 Å². The van der Waals surface area contributed by atoms with E-state index in [0.29, 0.717) is 24.2 Å². The molecule has 2 aliphatic carbocycles. The molecule has 8 nitrogen and oxygen atoms in total. The predicted octanol–water partition coefficient (Wildman–Crippen LogP) is 5.25. The second kappa shape index (κ2) is 14.7. The Kier molecular flexibility index (Phi) is 11.4. The molecule has 0 unspecified atom stereocenters. The summed E-state index contributed by atoms with van der Waals surface area (Å²) in [4.78, 5) is 27.8. The molecule has 1 aromatic carbocycles. The summed E-state index contributed by atoms with van der Waals surface area (Å²) >= 11 is 0. The molecule has 0 atom stereocenters. The van der Waals surface area contributed by atoms with Crippen LogP contribution in [0.15, 0.2) is 42.2 Å². The third-order valence-electron chi connectivity index (χ3n) is 7.86. The van der Waals surface area contributed by atoms with Gasteiger partial charge in [0.15, 0.2) is 0 Å². The van der Waals surface area contributed by atoms with Gasteiger partial charge >= 0.3 is 6.03 Å². The number of hydrogen-bond donors (Lipinski definition) is 2. The predicted molar refractivity (Wildman–Crippen MR) is 145 cm³/mol. The third kappa shape index (κ3) is 9.03. The van der Waals surface area contributed by atoms with E-state index in [2.05, 4.69) is 15.5 Å². The number of urea groups is 1. The first-order valence-electron chi connectivity index (χ1n) is 13.8. The summed E-state index contributed by atoms with van der Waals surface area (Å²) in [6.07, 6.45) is 13.2. The maximum Gasteiger partial charge on any atom is 0.324 e. The highest BCUT2D eigenvalue weighted by atomic mass is 16.6. The second-order valence-corrected chi connectivity index (χ2v) is 10.6. The summed E-state index contributed by atoms with van der Waals surface area (Å²) in [6.45, 7) is 2.54. The lowest BCUT2D eigenvalue weighted by Gasteiger charge is -2.37. The summed E-state index contributed by atoms with van der Waals surface area (Å²) in [5.74, 6) is 2.61. The number of nitro groups is 1. The van der Waals surface area contributed by atoms with Crippen molar-refractivity contribution in [3.05, 3.63) is 52.3 Å². The molecule has 0 spiro atoms. The van der Waals surface area contributed by atoms with Crippen LogP contribution in [0.5, 0.6) is 0 Å². The highest BCUT2D eigenvalue weighted by Crippen LogP contribution is 2.31. The molecule has 0 aromatic heterocycles. The molecule has 0 bridgehead atoms. The van der Waals surface area contributed by atoms with Gasteiger partial charge in [-0.15, -0.1) is 0 Å². The maximum absolute atomic E-state index is 13.6. The fraction of sp³-hybridized carbons (Fsp3) is 0.679. The molecule has 0 radical (unpaired) electrons. The summed E-state index contributed by atoms with van der Waals surface area (Å²) in [6, 6.07) is 10.1. The summed E-state index contributed by atoms with van der Waals surface area (Å²) in [7, 11) is 3.74. The molecule has 0 aliphatic heterocycles. The highest BCUT2D eigenvalue weighted by Gasteiger charge is 2.29. The van der Waals surface area contributed by atoms with Crippen LogP contribution < -0.4 is 15.5 Å². The fourth-order valence-electron chi connectivity index (χ4n) is 5.65. The first-order chi connectivity index (χ1) is 17.5. The van der Waals surface area contributed by atoms with Gasteiger partial charge in [0.1, 0.15) is 0 Å². The van der Waals surface area contributed by atoms with E-state index in [1.54, 1.807) is 0 Å². The molecule has 0 heterocycles. The van der Waals surface area contributed by atoms with Crippen molar-refractivity contribution in [3.8, 4) is 0 Å². The Bertz CT molecular complexity index is 833. The van der Waals surface area contributed by atoms with Gasteiger partial charge in [0.05, 0.1) is 5.82 Å². The quantitative estimate of drug-likeness (QED) is 0.303. The van der Waals surface area contributed by atoms with Crippen molar-refractivity contribution in [3.63, 3.8) is 0 Å².